The van der Waals surface area contributed by atoms with E-state index in [9.17, 15) is 9.90 Å². The predicted octanol–water partition coefficient (Wildman–Crippen LogP) is 5.42. The third-order valence-corrected chi connectivity index (χ3v) is 7.23. The summed E-state index contributed by atoms with van der Waals surface area (Å²) >= 11 is 3.44. The first-order valence-corrected chi connectivity index (χ1v) is 11.9. The van der Waals surface area contributed by atoms with E-state index in [0.29, 0.717) is 38.4 Å². The smallest absolute Gasteiger partial charge is 0.238 e. The minimum absolute atomic E-state index is 0.00879. The Morgan fingerprint density at radius 3 is 2.27 bits per heavy atom. The molecular weight excluding hydrogens is 440 g/mol. The fourth-order valence-electron chi connectivity index (χ4n) is 4.81. The predicted molar refractivity (Wildman–Crippen MR) is 125 cm³/mol. The summed E-state index contributed by atoms with van der Waals surface area (Å²) in [5.41, 5.74) is 2.41. The molecule has 2 fully saturated rings. The van der Waals surface area contributed by atoms with E-state index in [1.54, 1.807) is 0 Å². The Morgan fingerprint density at radius 1 is 1.00 bits per heavy atom. The molecule has 1 aliphatic carbocycles. The zero-order chi connectivity index (χ0) is 21.0. The molecule has 2 aliphatic rings. The number of nitrogens with zero attached hydrogens (tertiary/aromatic N) is 1. The van der Waals surface area contributed by atoms with Gasteiger partial charge in [0, 0.05) is 23.2 Å². The zero-order valence-electron chi connectivity index (χ0n) is 17.4. The van der Waals surface area contributed by atoms with E-state index in [1.807, 2.05) is 36.4 Å². The number of likely N-dealkylation sites (tertiary alicyclic amines) is 1. The third-order valence-electron chi connectivity index (χ3n) is 6.70. The number of halogens is 1. The summed E-state index contributed by atoms with van der Waals surface area (Å²) in [6.45, 7) is 1.78. The monoisotopic (exact) mass is 470 g/mol. The molecule has 4 nitrogen and oxygen atoms in total. The normalized spacial score (nSPS) is 20.1. The van der Waals surface area contributed by atoms with Crippen LogP contribution < -0.4 is 5.32 Å². The molecular formula is C25H31BrN2O2. The van der Waals surface area contributed by atoms with Crippen LogP contribution in [0.5, 0.6) is 0 Å². The molecule has 160 valence electrons. The first-order chi connectivity index (χ1) is 14.5. The van der Waals surface area contributed by atoms with Gasteiger partial charge >= 0.3 is 0 Å². The lowest BCUT2D eigenvalue weighted by molar-refractivity contribution is -0.118. The lowest BCUT2D eigenvalue weighted by Gasteiger charge is -2.38. The maximum atomic E-state index is 12.5. The van der Waals surface area contributed by atoms with Crippen molar-refractivity contribution in [2.24, 2.45) is 0 Å². The Hall–Kier alpha value is -1.69. The first-order valence-electron chi connectivity index (χ1n) is 11.1. The lowest BCUT2D eigenvalue weighted by atomic mass is 9.84. The van der Waals surface area contributed by atoms with Crippen molar-refractivity contribution in [1.29, 1.82) is 0 Å². The van der Waals surface area contributed by atoms with Crippen molar-refractivity contribution < 1.29 is 9.90 Å². The second-order valence-electron chi connectivity index (χ2n) is 8.82. The Morgan fingerprint density at radius 2 is 1.63 bits per heavy atom. The van der Waals surface area contributed by atoms with Gasteiger partial charge in [-0.25, -0.2) is 0 Å². The van der Waals surface area contributed by atoms with Crippen LogP contribution in [-0.2, 0) is 10.4 Å². The van der Waals surface area contributed by atoms with Crippen molar-refractivity contribution in [2.45, 2.75) is 56.5 Å². The van der Waals surface area contributed by atoms with Gasteiger partial charge in [-0.3, -0.25) is 9.69 Å². The number of nitrogens with one attached hydrogen (secondary N) is 1. The molecule has 0 radical (unpaired) electrons. The van der Waals surface area contributed by atoms with Crippen molar-refractivity contribution >= 4 is 27.5 Å². The molecule has 0 spiro atoms. The highest BCUT2D eigenvalue weighted by Gasteiger charge is 2.34. The number of piperidine rings is 1. The van der Waals surface area contributed by atoms with E-state index in [2.05, 4.69) is 38.3 Å². The van der Waals surface area contributed by atoms with Gasteiger partial charge < -0.3 is 10.4 Å². The van der Waals surface area contributed by atoms with Gasteiger partial charge in [0.2, 0.25) is 5.91 Å². The van der Waals surface area contributed by atoms with E-state index < -0.39 is 5.60 Å². The number of hydrogen-bond donors (Lipinski definition) is 2. The Kier molecular flexibility index (Phi) is 6.91. The molecule has 0 aromatic heterocycles. The molecule has 1 amide bonds. The van der Waals surface area contributed by atoms with Gasteiger partial charge in [-0.1, -0.05) is 59.5 Å². The van der Waals surface area contributed by atoms with Crippen molar-refractivity contribution in [3.05, 3.63) is 64.1 Å². The molecule has 1 heterocycles. The van der Waals surface area contributed by atoms with Crippen molar-refractivity contribution in [3.8, 4) is 0 Å². The summed E-state index contributed by atoms with van der Waals surface area (Å²) in [4.78, 5) is 14.6. The van der Waals surface area contributed by atoms with Crippen LogP contribution in [0.15, 0.2) is 53.0 Å². The minimum atomic E-state index is -0.803. The summed E-state index contributed by atoms with van der Waals surface area (Å²) in [7, 11) is 0. The van der Waals surface area contributed by atoms with Crippen LogP contribution in [0.3, 0.4) is 0 Å². The summed E-state index contributed by atoms with van der Waals surface area (Å²) in [6.07, 6.45) is 7.87. The molecule has 2 aromatic carbocycles. The first kappa shape index (κ1) is 21.5. The van der Waals surface area contributed by atoms with Crippen molar-refractivity contribution in [1.82, 2.24) is 4.90 Å². The summed E-state index contributed by atoms with van der Waals surface area (Å²) < 4.78 is 1.01. The molecule has 4 rings (SSSR count). The van der Waals surface area contributed by atoms with E-state index in [4.69, 9.17) is 0 Å². The molecule has 2 aromatic rings. The van der Waals surface area contributed by atoms with Gasteiger partial charge in [0.1, 0.15) is 0 Å². The standard InChI is InChI=1S/C25H31BrN2O2/c26-22-10-8-21(9-11-22)25(30)14-16-28(17-15-25)18-24(29)27-23-12-6-20(7-13-23)19-4-2-1-3-5-19/h6-13,19,30H,1-5,14-18H2,(H,27,29). The number of hydrogen-bond acceptors (Lipinski definition) is 3. The maximum absolute atomic E-state index is 12.5. The molecule has 1 saturated heterocycles. The van der Waals surface area contributed by atoms with Gasteiger partial charge in [-0.05, 0) is 67.0 Å². The third kappa shape index (κ3) is 5.32. The number of rotatable bonds is 5. The summed E-state index contributed by atoms with van der Waals surface area (Å²) in [6, 6.07) is 16.3. The van der Waals surface area contributed by atoms with Gasteiger partial charge in [0.15, 0.2) is 0 Å². The fraction of sp³-hybridized carbons (Fsp3) is 0.480. The molecule has 1 saturated carbocycles. The molecule has 0 unspecified atom stereocenters. The molecule has 2 N–H and O–H groups in total. The van der Waals surface area contributed by atoms with Crippen LogP contribution in [0.1, 0.15) is 62.0 Å². The summed E-state index contributed by atoms with van der Waals surface area (Å²) in [5.74, 6) is 0.691. The fourth-order valence-corrected chi connectivity index (χ4v) is 5.07. The highest BCUT2D eigenvalue weighted by Crippen LogP contribution is 2.34. The van der Waals surface area contributed by atoms with Gasteiger partial charge in [-0.15, -0.1) is 0 Å². The van der Waals surface area contributed by atoms with E-state index in [-0.39, 0.29) is 5.91 Å². The highest BCUT2D eigenvalue weighted by molar-refractivity contribution is 9.10. The van der Waals surface area contributed by atoms with Crippen LogP contribution in [0.2, 0.25) is 0 Å². The van der Waals surface area contributed by atoms with Crippen LogP contribution >= 0.6 is 15.9 Å². The molecule has 5 heteroatoms. The molecule has 0 atom stereocenters. The molecule has 1 aliphatic heterocycles. The number of carbonyl (C=O) groups excluding carboxylic acids is 1. The zero-order valence-corrected chi connectivity index (χ0v) is 19.0. The quantitative estimate of drug-likeness (QED) is 0.613. The van der Waals surface area contributed by atoms with Crippen molar-refractivity contribution in [3.63, 3.8) is 0 Å². The SMILES string of the molecule is O=C(CN1CCC(O)(c2ccc(Br)cc2)CC1)Nc1ccc(C2CCCCC2)cc1. The minimum Gasteiger partial charge on any atom is -0.385 e. The average Bonchev–Trinajstić information content (AvgIpc) is 2.77. The highest BCUT2D eigenvalue weighted by atomic mass is 79.9. The Bertz CT molecular complexity index is 836. The second kappa shape index (κ2) is 9.63. The van der Waals surface area contributed by atoms with Crippen LogP contribution in [-0.4, -0.2) is 35.5 Å². The van der Waals surface area contributed by atoms with E-state index in [1.165, 1.54) is 37.7 Å². The van der Waals surface area contributed by atoms with Gasteiger partial charge in [0.05, 0.1) is 12.1 Å². The van der Waals surface area contributed by atoms with E-state index in [0.717, 1.165) is 15.7 Å². The van der Waals surface area contributed by atoms with Crippen LogP contribution in [0.4, 0.5) is 5.69 Å². The average molecular weight is 471 g/mol. The molecule has 30 heavy (non-hydrogen) atoms. The van der Waals surface area contributed by atoms with Gasteiger partial charge in [-0.2, -0.15) is 0 Å². The number of amides is 1. The molecule has 0 bridgehead atoms. The number of benzene rings is 2. The van der Waals surface area contributed by atoms with Crippen LogP contribution in [0.25, 0.3) is 0 Å². The van der Waals surface area contributed by atoms with E-state index >= 15 is 0 Å². The lowest BCUT2D eigenvalue weighted by Crippen LogP contribution is -2.45. The second-order valence-corrected chi connectivity index (χ2v) is 9.74. The summed E-state index contributed by atoms with van der Waals surface area (Å²) in [5, 5.41) is 14.0. The van der Waals surface area contributed by atoms with Crippen molar-refractivity contribution in [2.75, 3.05) is 25.0 Å². The maximum Gasteiger partial charge on any atom is 0.238 e. The number of carbonyl (C=O) groups is 1. The number of aliphatic hydroxyl groups is 1. The van der Waals surface area contributed by atoms with Gasteiger partial charge in [0.25, 0.3) is 0 Å². The largest absolute Gasteiger partial charge is 0.385 e. The number of anilines is 1. The Labute approximate surface area is 187 Å². The Balaban J connectivity index is 1.26. The topological polar surface area (TPSA) is 52.6 Å². The van der Waals surface area contributed by atoms with Crippen LogP contribution in [0, 0.1) is 0 Å².